The summed E-state index contributed by atoms with van der Waals surface area (Å²) in [6, 6.07) is 8.30. The van der Waals surface area contributed by atoms with E-state index in [1.807, 2.05) is 13.8 Å². The van der Waals surface area contributed by atoms with Crippen LogP contribution in [0, 0.1) is 27.5 Å². The second-order valence-corrected chi connectivity index (χ2v) is 18.5. The van der Waals surface area contributed by atoms with E-state index in [9.17, 15) is 25.0 Å². The number of nitriles is 1. The van der Waals surface area contributed by atoms with Crippen molar-refractivity contribution in [2.24, 2.45) is 5.92 Å². The summed E-state index contributed by atoms with van der Waals surface area (Å²) in [6.07, 6.45) is 20.6. The van der Waals surface area contributed by atoms with Gasteiger partial charge in [0.15, 0.2) is 11.6 Å². The Labute approximate surface area is 374 Å². The van der Waals surface area contributed by atoms with E-state index in [4.69, 9.17) is 38.3 Å². The number of unbranched alkanes of at least 4 members (excludes halogenated alkanes) is 15. The van der Waals surface area contributed by atoms with Gasteiger partial charge in [0.05, 0.1) is 30.4 Å². The molecular weight excluding hydrogens is 831 g/mol. The molecule has 0 saturated carbocycles. The zero-order chi connectivity index (χ0) is 45.9. The fourth-order valence-electron chi connectivity index (χ4n) is 6.89. The van der Waals surface area contributed by atoms with Gasteiger partial charge in [0, 0.05) is 31.8 Å². The number of non-ortho nitro benzene ring substituents is 1. The summed E-state index contributed by atoms with van der Waals surface area (Å²) < 4.78 is 56.8. The molecular formula is C45H73N6O11P. The molecule has 17 nitrogen and oxygen atoms in total. The number of nitrogen functional groups attached to an aromatic ring is 1. The number of aromatic nitrogens is 3. The van der Waals surface area contributed by atoms with Gasteiger partial charge in [-0.1, -0.05) is 117 Å². The van der Waals surface area contributed by atoms with Crippen LogP contribution in [0.25, 0.3) is 5.52 Å². The van der Waals surface area contributed by atoms with Crippen LogP contribution in [0.15, 0.2) is 42.7 Å². The summed E-state index contributed by atoms with van der Waals surface area (Å²) in [6.45, 7) is 9.48. The number of phosphoric acid groups is 1. The van der Waals surface area contributed by atoms with Crippen LogP contribution in [0.5, 0.6) is 5.75 Å². The highest BCUT2D eigenvalue weighted by atomic mass is 31.2. The number of hydrogen-bond acceptors (Lipinski definition) is 15. The molecule has 1 aromatic carbocycles. The van der Waals surface area contributed by atoms with Gasteiger partial charge in [-0.25, -0.2) is 14.1 Å². The minimum Gasteiger partial charge on any atom is -0.422 e. The molecule has 0 amide bonds. The molecule has 63 heavy (non-hydrogen) atoms. The second-order valence-electron chi connectivity index (χ2n) is 16.9. The molecule has 0 spiro atoms. The third-order valence-electron chi connectivity index (χ3n) is 10.2. The molecule has 2 aromatic heterocycles. The number of nitro groups is 1. The quantitative estimate of drug-likeness (QED) is 0.0137. The normalized spacial score (nSPS) is 14.3. The van der Waals surface area contributed by atoms with Crippen LogP contribution in [0.3, 0.4) is 0 Å². The standard InChI is InChI=1S/C45H73N6O11P/c1-6-7-8-9-10-11-12-13-14-15-16-17-18-19-20-21-28-56-31-40(57-30-36(2)3)33-60-63(55,62-38-24-22-37(23-25-38)51(53)54)59-32-39(58-34-46)29-43(61-45(4,5)52)41-26-27-42-44(47)48-35-49-50(41)42/h22-27,35-36,39-40,43,52H,6-21,28-33H2,1-5H3,(H2,47,48,49)/t39-,40+,43+,63?/m0/s1. The topological polar surface area (TPSA) is 225 Å². The van der Waals surface area contributed by atoms with Crippen LogP contribution in [-0.4, -0.2) is 75.7 Å². The van der Waals surface area contributed by atoms with Crippen LogP contribution in [0.2, 0.25) is 0 Å². The van der Waals surface area contributed by atoms with E-state index in [1.54, 1.807) is 18.4 Å². The highest BCUT2D eigenvalue weighted by molar-refractivity contribution is 7.48. The average Bonchev–Trinajstić information content (AvgIpc) is 3.68. The predicted octanol–water partition coefficient (Wildman–Crippen LogP) is 10.8. The maximum absolute atomic E-state index is 14.4. The first-order valence-corrected chi connectivity index (χ1v) is 24.2. The Bertz CT molecular complexity index is 1800. The maximum Gasteiger partial charge on any atom is 0.530 e. The Morgan fingerprint density at radius 2 is 1.43 bits per heavy atom. The summed E-state index contributed by atoms with van der Waals surface area (Å²) in [5.74, 6) is -1.26. The number of fused-ring (bicyclic) bond motifs is 1. The van der Waals surface area contributed by atoms with Gasteiger partial charge in [0.25, 0.3) is 11.9 Å². The van der Waals surface area contributed by atoms with E-state index in [1.165, 1.54) is 132 Å². The number of rotatable bonds is 37. The van der Waals surface area contributed by atoms with Gasteiger partial charge in [-0.3, -0.25) is 19.2 Å². The smallest absolute Gasteiger partial charge is 0.422 e. The summed E-state index contributed by atoms with van der Waals surface area (Å²) in [7, 11) is -4.55. The first-order valence-electron chi connectivity index (χ1n) is 22.8. The van der Waals surface area contributed by atoms with Crippen molar-refractivity contribution in [1.29, 1.82) is 5.26 Å². The van der Waals surface area contributed by atoms with Gasteiger partial charge >= 0.3 is 7.82 Å². The molecule has 0 bridgehead atoms. The van der Waals surface area contributed by atoms with Crippen molar-refractivity contribution < 1.29 is 47.1 Å². The Morgan fingerprint density at radius 3 is 1.97 bits per heavy atom. The number of aliphatic hydroxyl groups is 1. The van der Waals surface area contributed by atoms with E-state index in [0.717, 1.165) is 19.3 Å². The van der Waals surface area contributed by atoms with Crippen molar-refractivity contribution in [3.63, 3.8) is 0 Å². The number of nitro benzene ring substituents is 1. The van der Waals surface area contributed by atoms with E-state index in [0.29, 0.717) is 24.4 Å². The van der Waals surface area contributed by atoms with Gasteiger partial charge in [0.2, 0.25) is 0 Å². The van der Waals surface area contributed by atoms with Crippen LogP contribution in [0.1, 0.15) is 156 Å². The Morgan fingerprint density at radius 1 is 0.857 bits per heavy atom. The summed E-state index contributed by atoms with van der Waals surface area (Å²) in [5.41, 5.74) is 6.79. The van der Waals surface area contributed by atoms with Gasteiger partial charge in [-0.15, -0.1) is 0 Å². The number of phosphoric ester groups is 1. The molecule has 0 radical (unpaired) electrons. The average molecular weight is 905 g/mol. The molecule has 354 valence electrons. The molecule has 1 unspecified atom stereocenters. The number of hydrogen-bond donors (Lipinski definition) is 2. The first-order chi connectivity index (χ1) is 30.2. The van der Waals surface area contributed by atoms with Crippen molar-refractivity contribution >= 4 is 24.8 Å². The Kier molecular flexibility index (Phi) is 25.1. The van der Waals surface area contributed by atoms with E-state index >= 15 is 0 Å². The SMILES string of the molecule is CCCCCCCCCCCCCCCCCCOC[C@H](COP(=O)(OC[C@H](C[C@@H](OC(C)(C)O)c1ccc2c(N)ncnn12)OC#N)Oc1ccc([N+](=O)[O-])cc1)OCC(C)C. The molecule has 18 heteroatoms. The molecule has 0 aliphatic carbocycles. The summed E-state index contributed by atoms with van der Waals surface area (Å²) in [4.78, 5) is 14.7. The van der Waals surface area contributed by atoms with E-state index in [2.05, 4.69) is 17.0 Å². The van der Waals surface area contributed by atoms with Gasteiger partial charge in [0.1, 0.15) is 35.9 Å². The molecule has 0 aliphatic heterocycles. The molecule has 4 atom stereocenters. The van der Waals surface area contributed by atoms with Crippen molar-refractivity contribution in [1.82, 2.24) is 14.6 Å². The van der Waals surface area contributed by atoms with Crippen molar-refractivity contribution in [3.8, 4) is 12.0 Å². The zero-order valence-corrected chi connectivity index (χ0v) is 39.1. The van der Waals surface area contributed by atoms with Gasteiger partial charge in [-0.05, 0) is 50.5 Å². The van der Waals surface area contributed by atoms with Crippen LogP contribution >= 0.6 is 7.82 Å². The third kappa shape index (κ3) is 22.0. The van der Waals surface area contributed by atoms with Crippen molar-refractivity contribution in [2.75, 3.05) is 38.8 Å². The summed E-state index contributed by atoms with van der Waals surface area (Å²) >= 11 is 0. The maximum atomic E-state index is 14.4. The number of nitrogens with two attached hydrogens (primary N) is 1. The highest BCUT2D eigenvalue weighted by Gasteiger charge is 2.35. The van der Waals surface area contributed by atoms with Crippen LogP contribution in [-0.2, 0) is 32.6 Å². The number of nitrogens with zero attached hydrogens (tertiary/aromatic N) is 5. The molecule has 2 heterocycles. The minimum atomic E-state index is -4.55. The van der Waals surface area contributed by atoms with Crippen molar-refractivity contribution in [2.45, 2.75) is 168 Å². The zero-order valence-electron chi connectivity index (χ0n) is 38.2. The number of ether oxygens (including phenoxy) is 4. The predicted molar refractivity (Wildman–Crippen MR) is 241 cm³/mol. The number of benzene rings is 1. The van der Waals surface area contributed by atoms with Gasteiger partial charge in [-0.2, -0.15) is 10.4 Å². The molecule has 3 N–H and O–H groups in total. The lowest BCUT2D eigenvalue weighted by atomic mass is 10.0. The lowest BCUT2D eigenvalue weighted by molar-refractivity contribution is -0.384. The Hall–Kier alpha value is -3.88. The minimum absolute atomic E-state index is 0.0266. The highest BCUT2D eigenvalue weighted by Crippen LogP contribution is 2.50. The largest absolute Gasteiger partial charge is 0.530 e. The van der Waals surface area contributed by atoms with Crippen LogP contribution < -0.4 is 10.3 Å². The molecule has 0 aliphatic rings. The molecule has 0 fully saturated rings. The lowest BCUT2D eigenvalue weighted by Crippen LogP contribution is -2.31. The van der Waals surface area contributed by atoms with Crippen molar-refractivity contribution in [3.05, 3.63) is 58.5 Å². The molecule has 0 saturated heterocycles. The molecule has 3 aromatic rings. The monoisotopic (exact) mass is 905 g/mol. The first kappa shape index (κ1) is 53.5. The second kappa shape index (κ2) is 29.5. The fraction of sp³-hybridized carbons (Fsp3) is 0.711. The van der Waals surface area contributed by atoms with Crippen LogP contribution in [0.4, 0.5) is 11.5 Å². The van der Waals surface area contributed by atoms with Gasteiger partial charge < -0.3 is 34.3 Å². The van der Waals surface area contributed by atoms with E-state index in [-0.39, 0.29) is 42.8 Å². The van der Waals surface area contributed by atoms with E-state index < -0.39 is 43.5 Å². The number of anilines is 1. The lowest BCUT2D eigenvalue weighted by Gasteiger charge is -2.29. The Balaban J connectivity index is 1.58. The fourth-order valence-corrected chi connectivity index (χ4v) is 8.15. The third-order valence-corrected chi connectivity index (χ3v) is 11.5. The summed E-state index contributed by atoms with van der Waals surface area (Å²) in [5, 5.41) is 35.8. The molecule has 3 rings (SSSR count).